The summed E-state index contributed by atoms with van der Waals surface area (Å²) < 4.78 is 10.8. The SMILES string of the molecule is CN=C(NCc1coc(-c2cccs2)n1)N1CCC(c2ccc(OC)cc2)C1. The zero-order chi connectivity index (χ0) is 19.3. The van der Waals surface area contributed by atoms with E-state index in [1.165, 1.54) is 5.56 Å². The highest BCUT2D eigenvalue weighted by Gasteiger charge is 2.26. The molecule has 4 rings (SSSR count). The first-order chi connectivity index (χ1) is 13.8. The second-order valence-corrected chi connectivity index (χ2v) is 7.67. The monoisotopic (exact) mass is 396 g/mol. The Bertz CT molecular complexity index is 918. The molecule has 0 aliphatic carbocycles. The number of aromatic nitrogens is 1. The summed E-state index contributed by atoms with van der Waals surface area (Å²) >= 11 is 1.62. The average molecular weight is 397 g/mol. The second-order valence-electron chi connectivity index (χ2n) is 6.73. The molecular weight excluding hydrogens is 372 g/mol. The molecule has 1 unspecified atom stereocenters. The topological polar surface area (TPSA) is 62.9 Å². The van der Waals surface area contributed by atoms with E-state index in [1.807, 2.05) is 36.7 Å². The lowest BCUT2D eigenvalue weighted by Gasteiger charge is -2.21. The fourth-order valence-electron chi connectivity index (χ4n) is 3.50. The van der Waals surface area contributed by atoms with E-state index in [9.17, 15) is 0 Å². The van der Waals surface area contributed by atoms with Crippen molar-refractivity contribution >= 4 is 17.3 Å². The third-order valence-electron chi connectivity index (χ3n) is 5.00. The van der Waals surface area contributed by atoms with E-state index in [2.05, 4.69) is 32.3 Å². The predicted octanol–water partition coefficient (Wildman–Crippen LogP) is 3.98. The van der Waals surface area contributed by atoms with E-state index in [4.69, 9.17) is 9.15 Å². The molecule has 1 fully saturated rings. The highest BCUT2D eigenvalue weighted by atomic mass is 32.1. The van der Waals surface area contributed by atoms with Crippen molar-refractivity contribution in [3.8, 4) is 16.5 Å². The van der Waals surface area contributed by atoms with Gasteiger partial charge in [-0.15, -0.1) is 11.3 Å². The zero-order valence-electron chi connectivity index (χ0n) is 16.1. The van der Waals surface area contributed by atoms with Gasteiger partial charge in [-0.1, -0.05) is 18.2 Å². The lowest BCUT2D eigenvalue weighted by Crippen LogP contribution is -2.39. The fraction of sp³-hybridized carbons (Fsp3) is 0.333. The highest BCUT2D eigenvalue weighted by Crippen LogP contribution is 2.28. The Balaban J connectivity index is 1.34. The van der Waals surface area contributed by atoms with E-state index in [0.717, 1.165) is 41.8 Å². The second kappa shape index (κ2) is 8.48. The normalized spacial score (nSPS) is 17.1. The van der Waals surface area contributed by atoms with Gasteiger partial charge in [-0.3, -0.25) is 4.99 Å². The van der Waals surface area contributed by atoms with Crippen LogP contribution in [-0.4, -0.2) is 43.1 Å². The maximum atomic E-state index is 5.59. The summed E-state index contributed by atoms with van der Waals surface area (Å²) in [6.07, 6.45) is 2.82. The molecule has 1 atom stereocenters. The third kappa shape index (κ3) is 4.04. The van der Waals surface area contributed by atoms with Crippen molar-refractivity contribution in [1.29, 1.82) is 0 Å². The van der Waals surface area contributed by atoms with Gasteiger partial charge in [-0.25, -0.2) is 4.98 Å². The minimum Gasteiger partial charge on any atom is -0.497 e. The summed E-state index contributed by atoms with van der Waals surface area (Å²) in [5.41, 5.74) is 2.21. The maximum absolute atomic E-state index is 5.59. The highest BCUT2D eigenvalue weighted by molar-refractivity contribution is 7.13. The molecule has 1 N–H and O–H groups in total. The van der Waals surface area contributed by atoms with Crippen LogP contribution < -0.4 is 10.1 Å². The number of thiophene rings is 1. The molecule has 146 valence electrons. The van der Waals surface area contributed by atoms with E-state index in [-0.39, 0.29) is 0 Å². The number of rotatable bonds is 5. The molecule has 7 heteroatoms. The van der Waals surface area contributed by atoms with Crippen LogP contribution in [0.5, 0.6) is 5.75 Å². The van der Waals surface area contributed by atoms with Gasteiger partial charge < -0.3 is 19.4 Å². The van der Waals surface area contributed by atoms with Gasteiger partial charge in [-0.05, 0) is 35.6 Å². The van der Waals surface area contributed by atoms with Crippen molar-refractivity contribution < 1.29 is 9.15 Å². The van der Waals surface area contributed by atoms with Gasteiger partial charge in [0.05, 0.1) is 24.2 Å². The summed E-state index contributed by atoms with van der Waals surface area (Å²) in [5.74, 6) is 2.96. The summed E-state index contributed by atoms with van der Waals surface area (Å²) in [4.78, 5) is 12.4. The Morgan fingerprint density at radius 1 is 1.36 bits per heavy atom. The van der Waals surface area contributed by atoms with E-state index in [0.29, 0.717) is 18.4 Å². The quantitative estimate of drug-likeness (QED) is 0.522. The number of nitrogens with one attached hydrogen (secondary N) is 1. The Morgan fingerprint density at radius 3 is 2.93 bits per heavy atom. The van der Waals surface area contributed by atoms with Crippen molar-refractivity contribution in [1.82, 2.24) is 15.2 Å². The van der Waals surface area contributed by atoms with Crippen molar-refractivity contribution in [2.75, 3.05) is 27.2 Å². The van der Waals surface area contributed by atoms with Gasteiger partial charge in [0.1, 0.15) is 12.0 Å². The molecule has 0 spiro atoms. The predicted molar refractivity (Wildman–Crippen MR) is 112 cm³/mol. The lowest BCUT2D eigenvalue weighted by atomic mass is 9.98. The van der Waals surface area contributed by atoms with Crippen LogP contribution >= 0.6 is 11.3 Å². The molecule has 2 aromatic heterocycles. The van der Waals surface area contributed by atoms with E-state index >= 15 is 0 Å². The number of likely N-dealkylation sites (tertiary alicyclic amines) is 1. The standard InChI is InChI=1S/C21H24N4O2S/c1-22-21(23-12-17-14-27-20(24-17)19-4-3-11-28-19)25-10-9-16(13-25)15-5-7-18(26-2)8-6-15/h3-8,11,14,16H,9-10,12-13H2,1-2H3,(H,22,23). The average Bonchev–Trinajstić information content (AvgIpc) is 3.49. The van der Waals surface area contributed by atoms with E-state index < -0.39 is 0 Å². The molecule has 0 bridgehead atoms. The van der Waals surface area contributed by atoms with Gasteiger partial charge >= 0.3 is 0 Å². The first-order valence-corrected chi connectivity index (χ1v) is 10.2. The van der Waals surface area contributed by atoms with Gasteiger partial charge in [0.2, 0.25) is 5.89 Å². The largest absolute Gasteiger partial charge is 0.497 e. The van der Waals surface area contributed by atoms with Crippen LogP contribution in [0.3, 0.4) is 0 Å². The van der Waals surface area contributed by atoms with Gasteiger partial charge in [0.15, 0.2) is 5.96 Å². The third-order valence-corrected chi connectivity index (χ3v) is 5.86. The minimum absolute atomic E-state index is 0.502. The van der Waals surface area contributed by atoms with Crippen LogP contribution in [-0.2, 0) is 6.54 Å². The van der Waals surface area contributed by atoms with Crippen molar-refractivity contribution in [3.05, 3.63) is 59.3 Å². The fourth-order valence-corrected chi connectivity index (χ4v) is 4.16. The summed E-state index contributed by atoms with van der Waals surface area (Å²) in [6.45, 7) is 2.52. The van der Waals surface area contributed by atoms with Gasteiger partial charge in [0, 0.05) is 26.1 Å². The Morgan fingerprint density at radius 2 is 2.21 bits per heavy atom. The first kappa shape index (κ1) is 18.6. The van der Waals surface area contributed by atoms with Gasteiger partial charge in [0.25, 0.3) is 0 Å². The van der Waals surface area contributed by atoms with E-state index in [1.54, 1.807) is 24.7 Å². The summed E-state index contributed by atoms with van der Waals surface area (Å²) in [7, 11) is 3.52. The number of hydrogen-bond donors (Lipinski definition) is 1. The van der Waals surface area contributed by atoms with Crippen LogP contribution in [0.25, 0.3) is 10.8 Å². The molecule has 0 radical (unpaired) electrons. The Labute approximate surface area is 168 Å². The lowest BCUT2D eigenvalue weighted by molar-refractivity contribution is 0.414. The summed E-state index contributed by atoms with van der Waals surface area (Å²) in [5, 5.41) is 5.43. The molecule has 1 aromatic carbocycles. The number of nitrogens with zero attached hydrogens (tertiary/aromatic N) is 3. The molecule has 28 heavy (non-hydrogen) atoms. The number of methoxy groups -OCH3 is 1. The van der Waals surface area contributed by atoms with Crippen LogP contribution in [0.4, 0.5) is 0 Å². The molecule has 1 aliphatic rings. The number of aliphatic imine (C=N–C) groups is 1. The van der Waals surface area contributed by atoms with Crippen LogP contribution in [0.2, 0.25) is 0 Å². The first-order valence-electron chi connectivity index (χ1n) is 9.34. The van der Waals surface area contributed by atoms with Crippen molar-refractivity contribution in [2.45, 2.75) is 18.9 Å². The number of benzene rings is 1. The molecular formula is C21H24N4O2S. The van der Waals surface area contributed by atoms with Crippen molar-refractivity contribution in [2.24, 2.45) is 4.99 Å². The smallest absolute Gasteiger partial charge is 0.236 e. The Hall–Kier alpha value is -2.80. The number of guanidine groups is 1. The van der Waals surface area contributed by atoms with Crippen molar-refractivity contribution in [3.63, 3.8) is 0 Å². The summed E-state index contributed by atoms with van der Waals surface area (Å²) in [6, 6.07) is 12.4. The molecule has 1 saturated heterocycles. The van der Waals surface area contributed by atoms with Crippen LogP contribution in [0.15, 0.2) is 57.5 Å². The maximum Gasteiger partial charge on any atom is 0.236 e. The van der Waals surface area contributed by atoms with Gasteiger partial charge in [-0.2, -0.15) is 0 Å². The van der Waals surface area contributed by atoms with Crippen LogP contribution in [0, 0.1) is 0 Å². The zero-order valence-corrected chi connectivity index (χ0v) is 16.9. The van der Waals surface area contributed by atoms with Crippen LogP contribution in [0.1, 0.15) is 23.6 Å². The number of oxazole rings is 1. The number of ether oxygens (including phenoxy) is 1. The molecule has 0 amide bonds. The molecule has 3 aromatic rings. The Kier molecular flexibility index (Phi) is 5.62. The molecule has 0 saturated carbocycles. The molecule has 1 aliphatic heterocycles. The molecule has 6 nitrogen and oxygen atoms in total. The number of hydrogen-bond acceptors (Lipinski definition) is 5. The molecule has 3 heterocycles. The minimum atomic E-state index is 0.502.